The van der Waals surface area contributed by atoms with E-state index in [0.717, 1.165) is 25.3 Å². The molecule has 0 saturated heterocycles. The number of halogens is 3. The summed E-state index contributed by atoms with van der Waals surface area (Å²) in [5, 5.41) is 24.1. The Bertz CT molecular complexity index is 942. The molecule has 152 valence electrons. The molecule has 2 atom stereocenters. The molecule has 29 heavy (non-hydrogen) atoms. The lowest BCUT2D eigenvalue weighted by Gasteiger charge is -2.17. The van der Waals surface area contributed by atoms with E-state index >= 15 is 0 Å². The maximum absolute atomic E-state index is 13.1. The minimum Gasteiger partial charge on any atom is -0.393 e. The molecule has 1 aliphatic rings. The summed E-state index contributed by atoms with van der Waals surface area (Å²) < 4.78 is 39.3. The number of benzene rings is 1. The number of aliphatic hydroxyl groups is 1. The Kier molecular flexibility index (Phi) is 5.98. The van der Waals surface area contributed by atoms with Gasteiger partial charge in [-0.15, -0.1) is 0 Å². The van der Waals surface area contributed by atoms with Crippen LogP contribution in [0.25, 0.3) is 0 Å². The Morgan fingerprint density at radius 1 is 1.28 bits per heavy atom. The molecule has 3 rings (SSSR count). The summed E-state index contributed by atoms with van der Waals surface area (Å²) in [6.07, 6.45) is 0.0187. The Balaban J connectivity index is 1.77. The topological polar surface area (TPSA) is 111 Å². The fourth-order valence-electron chi connectivity index (χ4n) is 3.26. The second-order valence-corrected chi connectivity index (χ2v) is 6.72. The fraction of sp³-hybridized carbons (Fsp3) is 0.368. The molecule has 0 radical (unpaired) electrons. The number of hydrogen-bond donors (Lipinski definition) is 3. The zero-order valence-corrected chi connectivity index (χ0v) is 15.2. The van der Waals surface area contributed by atoms with Crippen molar-refractivity contribution in [1.82, 2.24) is 9.97 Å². The number of rotatable bonds is 5. The van der Waals surface area contributed by atoms with E-state index in [2.05, 4.69) is 20.6 Å². The number of aromatic nitrogens is 2. The molecule has 0 bridgehead atoms. The zero-order chi connectivity index (χ0) is 21.0. The van der Waals surface area contributed by atoms with Crippen LogP contribution >= 0.6 is 0 Å². The first-order valence-electron chi connectivity index (χ1n) is 8.95. The van der Waals surface area contributed by atoms with Crippen LogP contribution in [0.4, 0.5) is 24.7 Å². The molecule has 1 aromatic carbocycles. The van der Waals surface area contributed by atoms with Crippen molar-refractivity contribution in [3.63, 3.8) is 0 Å². The van der Waals surface area contributed by atoms with Crippen LogP contribution in [0.1, 0.15) is 40.9 Å². The molecule has 3 N–H and O–H groups in total. The molecule has 0 aliphatic heterocycles. The van der Waals surface area contributed by atoms with Gasteiger partial charge >= 0.3 is 6.18 Å². The van der Waals surface area contributed by atoms with Gasteiger partial charge in [-0.2, -0.15) is 18.4 Å². The van der Waals surface area contributed by atoms with E-state index in [1.54, 1.807) is 0 Å². The molecule has 0 spiro atoms. The third kappa shape index (κ3) is 4.81. The predicted octanol–water partition coefficient (Wildman–Crippen LogP) is 3.19. The first kappa shape index (κ1) is 20.5. The highest BCUT2D eigenvalue weighted by atomic mass is 19.4. The highest BCUT2D eigenvalue weighted by Crippen LogP contribution is 2.33. The van der Waals surface area contributed by atoms with Crippen LogP contribution in [-0.2, 0) is 6.18 Å². The SMILES string of the molecule is N#Cc1ccc(NC(=O)c2nccnc2NCC2CCCC2O)cc1C(F)(F)F. The summed E-state index contributed by atoms with van der Waals surface area (Å²) in [6, 6.07) is 4.40. The van der Waals surface area contributed by atoms with Gasteiger partial charge in [0.15, 0.2) is 11.5 Å². The van der Waals surface area contributed by atoms with Gasteiger partial charge in [0.25, 0.3) is 5.91 Å². The van der Waals surface area contributed by atoms with Gasteiger partial charge in [-0.25, -0.2) is 9.97 Å². The van der Waals surface area contributed by atoms with Crippen LogP contribution in [0.5, 0.6) is 0 Å². The number of amides is 1. The average molecular weight is 405 g/mol. The normalized spacial score (nSPS) is 18.9. The van der Waals surface area contributed by atoms with Crippen LogP contribution in [-0.4, -0.2) is 33.6 Å². The van der Waals surface area contributed by atoms with Crippen LogP contribution in [0.15, 0.2) is 30.6 Å². The molecule has 1 aliphatic carbocycles. The highest BCUT2D eigenvalue weighted by Gasteiger charge is 2.34. The minimum atomic E-state index is -4.73. The summed E-state index contributed by atoms with van der Waals surface area (Å²) in [5.41, 5.74) is -1.87. The van der Waals surface area contributed by atoms with Gasteiger partial charge < -0.3 is 15.7 Å². The van der Waals surface area contributed by atoms with Gasteiger partial charge in [0, 0.05) is 30.5 Å². The summed E-state index contributed by atoms with van der Waals surface area (Å²) >= 11 is 0. The maximum Gasteiger partial charge on any atom is 0.417 e. The number of anilines is 2. The van der Waals surface area contributed by atoms with Gasteiger partial charge in [-0.1, -0.05) is 6.42 Å². The van der Waals surface area contributed by atoms with Crippen molar-refractivity contribution in [2.75, 3.05) is 17.2 Å². The van der Waals surface area contributed by atoms with E-state index in [4.69, 9.17) is 5.26 Å². The summed E-state index contributed by atoms with van der Waals surface area (Å²) in [4.78, 5) is 20.6. The number of nitrogens with zero attached hydrogens (tertiary/aromatic N) is 3. The number of hydrogen-bond acceptors (Lipinski definition) is 6. The summed E-state index contributed by atoms with van der Waals surface area (Å²) in [6.45, 7) is 0.398. The molecule has 1 heterocycles. The minimum absolute atomic E-state index is 0.0285. The highest BCUT2D eigenvalue weighted by molar-refractivity contribution is 6.06. The van der Waals surface area contributed by atoms with Crippen molar-refractivity contribution < 1.29 is 23.1 Å². The predicted molar refractivity (Wildman–Crippen MR) is 98.0 cm³/mol. The quantitative estimate of drug-likeness (QED) is 0.705. The van der Waals surface area contributed by atoms with Crippen molar-refractivity contribution in [3.05, 3.63) is 47.4 Å². The van der Waals surface area contributed by atoms with E-state index in [9.17, 15) is 23.1 Å². The van der Waals surface area contributed by atoms with Crippen LogP contribution < -0.4 is 10.6 Å². The molecule has 1 saturated carbocycles. The number of alkyl halides is 3. The Morgan fingerprint density at radius 3 is 2.69 bits per heavy atom. The smallest absolute Gasteiger partial charge is 0.393 e. The number of nitriles is 1. The molecular formula is C19H18F3N5O2. The third-order valence-electron chi connectivity index (χ3n) is 4.77. The molecule has 1 aromatic heterocycles. The van der Waals surface area contributed by atoms with Crippen molar-refractivity contribution in [2.24, 2.45) is 5.92 Å². The van der Waals surface area contributed by atoms with Gasteiger partial charge in [0.05, 0.1) is 23.3 Å². The second kappa shape index (κ2) is 8.45. The van der Waals surface area contributed by atoms with Gasteiger partial charge in [0.1, 0.15) is 0 Å². The van der Waals surface area contributed by atoms with E-state index in [-0.39, 0.29) is 23.1 Å². The Morgan fingerprint density at radius 2 is 2.03 bits per heavy atom. The van der Waals surface area contributed by atoms with Gasteiger partial charge in [-0.05, 0) is 31.0 Å². The molecular weight excluding hydrogens is 387 g/mol. The molecule has 1 fully saturated rings. The molecule has 1 amide bonds. The van der Waals surface area contributed by atoms with E-state index in [0.29, 0.717) is 12.6 Å². The monoisotopic (exact) mass is 405 g/mol. The lowest BCUT2D eigenvalue weighted by Crippen LogP contribution is -2.24. The Hall–Kier alpha value is -3.19. The van der Waals surface area contributed by atoms with E-state index in [1.807, 2.05) is 0 Å². The van der Waals surface area contributed by atoms with E-state index < -0.39 is 29.3 Å². The standard InChI is InChI=1S/C19H18F3N5O2/c20-19(21,22)14-8-13(5-4-11(14)9-23)27-18(29)16-17(25-7-6-24-16)26-10-12-2-1-3-15(12)28/h4-8,12,15,28H,1-3,10H2,(H,25,26)(H,27,29). The summed E-state index contributed by atoms with van der Waals surface area (Å²) in [5.74, 6) is -0.542. The third-order valence-corrected chi connectivity index (χ3v) is 4.77. The fourth-order valence-corrected chi connectivity index (χ4v) is 3.26. The van der Waals surface area contributed by atoms with Gasteiger partial charge in [0.2, 0.25) is 0 Å². The zero-order valence-electron chi connectivity index (χ0n) is 15.2. The molecule has 2 aromatic rings. The summed E-state index contributed by atoms with van der Waals surface area (Å²) in [7, 11) is 0. The van der Waals surface area contributed by atoms with Gasteiger partial charge in [-0.3, -0.25) is 4.79 Å². The largest absolute Gasteiger partial charge is 0.417 e. The van der Waals surface area contributed by atoms with Crippen LogP contribution in [0.3, 0.4) is 0 Å². The number of nitrogens with one attached hydrogen (secondary N) is 2. The average Bonchev–Trinajstić information content (AvgIpc) is 3.10. The van der Waals surface area contributed by atoms with E-state index in [1.165, 1.54) is 24.5 Å². The molecule has 2 unspecified atom stereocenters. The number of carbonyl (C=O) groups excluding carboxylic acids is 1. The van der Waals surface area contributed by atoms with Crippen LogP contribution in [0.2, 0.25) is 0 Å². The van der Waals surface area contributed by atoms with Crippen molar-refractivity contribution in [1.29, 1.82) is 5.26 Å². The first-order valence-corrected chi connectivity index (χ1v) is 8.95. The lowest BCUT2D eigenvalue weighted by molar-refractivity contribution is -0.137. The number of carbonyl (C=O) groups is 1. The molecule has 10 heteroatoms. The Labute approximate surface area is 164 Å². The molecule has 7 nitrogen and oxygen atoms in total. The van der Waals surface area contributed by atoms with Crippen molar-refractivity contribution in [3.8, 4) is 6.07 Å². The lowest BCUT2D eigenvalue weighted by atomic mass is 10.1. The second-order valence-electron chi connectivity index (χ2n) is 6.72. The number of aliphatic hydroxyl groups excluding tert-OH is 1. The van der Waals surface area contributed by atoms with Crippen molar-refractivity contribution >= 4 is 17.4 Å². The van der Waals surface area contributed by atoms with Crippen molar-refractivity contribution in [2.45, 2.75) is 31.5 Å². The first-order chi connectivity index (χ1) is 13.8. The maximum atomic E-state index is 13.1. The van der Waals surface area contributed by atoms with Crippen LogP contribution in [0, 0.1) is 17.2 Å².